The number of unbranched alkanes of at least 4 members (excludes halogenated alkanes) is 9. The van der Waals surface area contributed by atoms with Crippen LogP contribution in [0.4, 0.5) is 0 Å². The second kappa shape index (κ2) is 12.3. The lowest BCUT2D eigenvalue weighted by Gasteiger charge is -2.04. The van der Waals surface area contributed by atoms with Gasteiger partial charge in [0.2, 0.25) is 0 Å². The zero-order valence-corrected chi connectivity index (χ0v) is 13.3. The zero-order chi connectivity index (χ0) is 15.2. The van der Waals surface area contributed by atoms with Crippen LogP contribution in [0, 0.1) is 0 Å². The summed E-state index contributed by atoms with van der Waals surface area (Å²) >= 11 is 0. The Morgan fingerprint density at radius 3 is 2.10 bits per heavy atom. The minimum absolute atomic E-state index is 0.641. The van der Waals surface area contributed by atoms with E-state index < -0.39 is 0 Å². The van der Waals surface area contributed by atoms with Gasteiger partial charge in [-0.3, -0.25) is 9.97 Å². The smallest absolute Gasteiger partial charge is 0.107 e. The molecule has 0 amide bonds. The van der Waals surface area contributed by atoms with Gasteiger partial charge >= 0.3 is 0 Å². The van der Waals surface area contributed by atoms with Gasteiger partial charge in [-0.25, -0.2) is 0 Å². The third kappa shape index (κ3) is 8.43. The van der Waals surface area contributed by atoms with Gasteiger partial charge < -0.3 is 5.21 Å². The minimum Gasteiger partial charge on any atom is -0.411 e. The van der Waals surface area contributed by atoms with Crippen LogP contribution in [-0.4, -0.2) is 20.9 Å². The first-order chi connectivity index (χ1) is 10.4. The van der Waals surface area contributed by atoms with Gasteiger partial charge in [0.25, 0.3) is 0 Å². The molecule has 4 nitrogen and oxygen atoms in total. The summed E-state index contributed by atoms with van der Waals surface area (Å²) in [5.41, 5.74) is 1.32. The summed E-state index contributed by atoms with van der Waals surface area (Å²) in [6, 6.07) is 0. The Bertz CT molecular complexity index is 379. The van der Waals surface area contributed by atoms with Crippen molar-refractivity contribution in [2.45, 2.75) is 77.6 Å². The Morgan fingerprint density at radius 1 is 0.952 bits per heavy atom. The van der Waals surface area contributed by atoms with E-state index in [4.69, 9.17) is 5.21 Å². The summed E-state index contributed by atoms with van der Waals surface area (Å²) in [7, 11) is 0. The SMILES string of the molecule is CCCCCCCCCCCC/C(=N/O)c1cnccn1. The highest BCUT2D eigenvalue weighted by atomic mass is 16.4. The van der Waals surface area contributed by atoms with Crippen LogP contribution in [0.25, 0.3) is 0 Å². The summed E-state index contributed by atoms with van der Waals surface area (Å²) in [6.45, 7) is 2.25. The van der Waals surface area contributed by atoms with E-state index in [9.17, 15) is 0 Å². The Morgan fingerprint density at radius 2 is 1.57 bits per heavy atom. The van der Waals surface area contributed by atoms with Gasteiger partial charge in [-0.15, -0.1) is 0 Å². The van der Waals surface area contributed by atoms with Crippen LogP contribution < -0.4 is 0 Å². The molecule has 1 aromatic heterocycles. The first kappa shape index (κ1) is 17.6. The van der Waals surface area contributed by atoms with E-state index in [2.05, 4.69) is 22.0 Å². The zero-order valence-electron chi connectivity index (χ0n) is 13.3. The van der Waals surface area contributed by atoms with Crippen LogP contribution in [0.5, 0.6) is 0 Å². The molecule has 0 aliphatic carbocycles. The first-order valence-corrected chi connectivity index (χ1v) is 8.35. The quantitative estimate of drug-likeness (QED) is 0.256. The standard InChI is InChI=1S/C17H29N3O/c1-2-3-4-5-6-7-8-9-10-11-12-16(20-21)17-15-18-13-14-19-17/h13-15,21H,2-12H2,1H3/b20-16-. The van der Waals surface area contributed by atoms with E-state index >= 15 is 0 Å². The molecule has 0 atom stereocenters. The van der Waals surface area contributed by atoms with Crippen molar-refractivity contribution in [1.29, 1.82) is 0 Å². The molecule has 0 saturated heterocycles. The van der Waals surface area contributed by atoms with Gasteiger partial charge in [-0.05, 0) is 12.8 Å². The van der Waals surface area contributed by atoms with Crippen molar-refractivity contribution in [2.75, 3.05) is 0 Å². The lowest BCUT2D eigenvalue weighted by molar-refractivity contribution is 0.317. The maximum atomic E-state index is 9.04. The van der Waals surface area contributed by atoms with Crippen molar-refractivity contribution in [1.82, 2.24) is 9.97 Å². The summed E-state index contributed by atoms with van der Waals surface area (Å²) in [6.07, 6.45) is 18.7. The maximum Gasteiger partial charge on any atom is 0.107 e. The fraction of sp³-hybridized carbons (Fsp3) is 0.706. The predicted molar refractivity (Wildman–Crippen MR) is 86.8 cm³/mol. The molecule has 0 unspecified atom stereocenters. The number of aromatic nitrogens is 2. The van der Waals surface area contributed by atoms with Crippen molar-refractivity contribution in [3.63, 3.8) is 0 Å². The number of nitrogens with zero attached hydrogens (tertiary/aromatic N) is 3. The van der Waals surface area contributed by atoms with Crippen LogP contribution in [0.1, 0.15) is 83.2 Å². The normalized spacial score (nSPS) is 11.8. The van der Waals surface area contributed by atoms with Crippen molar-refractivity contribution in [3.8, 4) is 0 Å². The van der Waals surface area contributed by atoms with Crippen LogP contribution in [0.3, 0.4) is 0 Å². The molecular weight excluding hydrogens is 262 g/mol. The van der Waals surface area contributed by atoms with Crippen molar-refractivity contribution in [3.05, 3.63) is 24.3 Å². The second-order valence-corrected chi connectivity index (χ2v) is 5.57. The molecule has 0 aliphatic rings. The van der Waals surface area contributed by atoms with E-state index in [1.807, 2.05) is 0 Å². The molecule has 4 heteroatoms. The summed E-state index contributed by atoms with van der Waals surface area (Å²) in [4.78, 5) is 8.16. The van der Waals surface area contributed by atoms with E-state index in [0.29, 0.717) is 11.4 Å². The lowest BCUT2D eigenvalue weighted by atomic mass is 10.0. The molecule has 1 N–H and O–H groups in total. The highest BCUT2D eigenvalue weighted by Gasteiger charge is 2.05. The number of hydrogen-bond acceptors (Lipinski definition) is 4. The van der Waals surface area contributed by atoms with Crippen LogP contribution in [0.2, 0.25) is 0 Å². The molecule has 0 fully saturated rings. The summed E-state index contributed by atoms with van der Waals surface area (Å²) < 4.78 is 0. The summed E-state index contributed by atoms with van der Waals surface area (Å²) in [5.74, 6) is 0. The maximum absolute atomic E-state index is 9.04. The molecule has 0 saturated carbocycles. The van der Waals surface area contributed by atoms with E-state index in [-0.39, 0.29) is 0 Å². The fourth-order valence-electron chi connectivity index (χ4n) is 2.46. The molecule has 0 aromatic carbocycles. The van der Waals surface area contributed by atoms with E-state index in [1.54, 1.807) is 18.6 Å². The van der Waals surface area contributed by atoms with Crippen LogP contribution in [0.15, 0.2) is 23.7 Å². The van der Waals surface area contributed by atoms with Gasteiger partial charge in [0.05, 0.1) is 6.20 Å². The number of rotatable bonds is 12. The van der Waals surface area contributed by atoms with Gasteiger partial charge in [0, 0.05) is 12.4 Å². The average molecular weight is 291 g/mol. The monoisotopic (exact) mass is 291 g/mol. The fourth-order valence-corrected chi connectivity index (χ4v) is 2.46. The highest BCUT2D eigenvalue weighted by Crippen LogP contribution is 2.12. The molecule has 118 valence electrons. The second-order valence-electron chi connectivity index (χ2n) is 5.57. The Hall–Kier alpha value is -1.45. The molecule has 0 bridgehead atoms. The van der Waals surface area contributed by atoms with Crippen LogP contribution in [-0.2, 0) is 0 Å². The molecule has 1 heterocycles. The topological polar surface area (TPSA) is 58.4 Å². The molecule has 1 aromatic rings. The highest BCUT2D eigenvalue weighted by molar-refractivity contribution is 5.98. The third-order valence-electron chi connectivity index (χ3n) is 3.75. The van der Waals surface area contributed by atoms with E-state index in [1.165, 1.54) is 57.8 Å². The molecule has 0 aliphatic heterocycles. The van der Waals surface area contributed by atoms with Gasteiger partial charge in [0.1, 0.15) is 11.4 Å². The molecule has 0 spiro atoms. The Kier molecular flexibility index (Phi) is 10.3. The Balaban J connectivity index is 2.01. The van der Waals surface area contributed by atoms with Crippen LogP contribution >= 0.6 is 0 Å². The van der Waals surface area contributed by atoms with Gasteiger partial charge in [-0.2, -0.15) is 0 Å². The molecule has 0 radical (unpaired) electrons. The molecule has 1 rings (SSSR count). The van der Waals surface area contributed by atoms with Gasteiger partial charge in [0.15, 0.2) is 0 Å². The van der Waals surface area contributed by atoms with Crippen molar-refractivity contribution >= 4 is 5.71 Å². The number of oxime groups is 1. The average Bonchev–Trinajstić information content (AvgIpc) is 2.54. The van der Waals surface area contributed by atoms with E-state index in [0.717, 1.165) is 12.8 Å². The third-order valence-corrected chi connectivity index (χ3v) is 3.75. The van der Waals surface area contributed by atoms with Crippen molar-refractivity contribution < 1.29 is 5.21 Å². The largest absolute Gasteiger partial charge is 0.411 e. The predicted octanol–water partition coefficient (Wildman–Crippen LogP) is 4.97. The first-order valence-electron chi connectivity index (χ1n) is 8.35. The lowest BCUT2D eigenvalue weighted by Crippen LogP contribution is -2.04. The number of hydrogen-bond donors (Lipinski definition) is 1. The minimum atomic E-state index is 0.641. The molecular formula is C17H29N3O. The molecule has 21 heavy (non-hydrogen) atoms. The van der Waals surface area contributed by atoms with Gasteiger partial charge in [-0.1, -0.05) is 69.9 Å². The Labute approximate surface area is 128 Å². The van der Waals surface area contributed by atoms with Crippen molar-refractivity contribution in [2.24, 2.45) is 5.16 Å². The summed E-state index contributed by atoms with van der Waals surface area (Å²) in [5, 5.41) is 12.4.